The standard InChI is InChI=1S/C26H21Cl2N3O3S2/c1-15(18-14-35-25(24(18)33)17-4-5-19(27)20(28)11-17)31-13-21(32)22-6-7-23(36-22)26(34)30-10-8-16-3-2-9-29-12-16/h2-7,9,11-12,14,33H,8,10,13H2,1H3,(H,30,34). The van der Waals surface area contributed by atoms with Crippen molar-refractivity contribution in [3.63, 3.8) is 0 Å². The van der Waals surface area contributed by atoms with Gasteiger partial charge in [0.1, 0.15) is 12.3 Å². The predicted molar refractivity (Wildman–Crippen MR) is 147 cm³/mol. The van der Waals surface area contributed by atoms with E-state index in [1.54, 1.807) is 55.0 Å². The van der Waals surface area contributed by atoms with Crippen molar-refractivity contribution >= 4 is 63.3 Å². The van der Waals surface area contributed by atoms with Crippen molar-refractivity contribution in [1.82, 2.24) is 10.3 Å². The van der Waals surface area contributed by atoms with E-state index in [-0.39, 0.29) is 24.0 Å². The number of pyridine rings is 1. The summed E-state index contributed by atoms with van der Waals surface area (Å²) in [5.74, 6) is -0.345. The van der Waals surface area contributed by atoms with Crippen molar-refractivity contribution in [2.75, 3.05) is 13.1 Å². The van der Waals surface area contributed by atoms with Crippen LogP contribution in [0.2, 0.25) is 10.0 Å². The monoisotopic (exact) mass is 557 g/mol. The minimum Gasteiger partial charge on any atom is -0.506 e. The van der Waals surface area contributed by atoms with Gasteiger partial charge in [-0.15, -0.1) is 22.7 Å². The van der Waals surface area contributed by atoms with E-state index in [1.165, 1.54) is 11.3 Å². The fourth-order valence-corrected chi connectivity index (χ4v) is 5.52. The van der Waals surface area contributed by atoms with Crippen LogP contribution in [0.15, 0.2) is 65.2 Å². The molecule has 0 fully saturated rings. The molecule has 0 unspecified atom stereocenters. The van der Waals surface area contributed by atoms with E-state index in [9.17, 15) is 14.7 Å². The fraction of sp³-hybridized carbons (Fsp3) is 0.154. The Kier molecular flexibility index (Phi) is 8.53. The summed E-state index contributed by atoms with van der Waals surface area (Å²) in [6.45, 7) is 2.12. The number of hydrogen-bond donors (Lipinski definition) is 2. The van der Waals surface area contributed by atoms with Crippen molar-refractivity contribution in [3.05, 3.63) is 91.2 Å². The Hall–Kier alpha value is -3.04. The number of nitrogens with one attached hydrogen (secondary N) is 1. The highest BCUT2D eigenvalue weighted by molar-refractivity contribution is 7.16. The van der Waals surface area contributed by atoms with E-state index in [2.05, 4.69) is 15.3 Å². The third-order valence-electron chi connectivity index (χ3n) is 5.32. The smallest absolute Gasteiger partial charge is 0.261 e. The normalized spacial score (nSPS) is 11.5. The summed E-state index contributed by atoms with van der Waals surface area (Å²) in [7, 11) is 0. The number of aromatic hydroxyl groups is 1. The van der Waals surface area contributed by atoms with Gasteiger partial charge < -0.3 is 10.4 Å². The van der Waals surface area contributed by atoms with Crippen LogP contribution in [0, 0.1) is 0 Å². The first kappa shape index (κ1) is 26.0. The SMILES string of the molecule is CC(=NCC(=O)c1ccc(C(=O)NCCc2cccnc2)s1)c1csc(-c2ccc(Cl)c(Cl)c2)c1O. The third kappa shape index (κ3) is 6.20. The zero-order valence-corrected chi connectivity index (χ0v) is 22.3. The highest BCUT2D eigenvalue weighted by Gasteiger charge is 2.17. The Bertz CT molecular complexity index is 1430. The van der Waals surface area contributed by atoms with Gasteiger partial charge in [-0.25, -0.2) is 0 Å². The Labute approximate surface area is 226 Å². The van der Waals surface area contributed by atoms with Crippen LogP contribution >= 0.6 is 45.9 Å². The number of carbonyl (C=O) groups excluding carboxylic acids is 2. The van der Waals surface area contributed by atoms with E-state index in [0.29, 0.717) is 48.9 Å². The average Bonchev–Trinajstić information content (AvgIpc) is 3.52. The number of amides is 1. The summed E-state index contributed by atoms with van der Waals surface area (Å²) >= 11 is 14.6. The van der Waals surface area contributed by atoms with Crippen LogP contribution in [0.25, 0.3) is 10.4 Å². The number of aliphatic imine (C=N–C) groups is 1. The highest BCUT2D eigenvalue weighted by Crippen LogP contribution is 2.40. The lowest BCUT2D eigenvalue weighted by Gasteiger charge is -2.04. The number of benzene rings is 1. The number of Topliss-reactive ketones (excluding diaryl/α,β-unsaturated/α-hetero) is 1. The van der Waals surface area contributed by atoms with Gasteiger partial charge in [0.05, 0.1) is 24.7 Å². The van der Waals surface area contributed by atoms with Gasteiger partial charge >= 0.3 is 0 Å². The summed E-state index contributed by atoms with van der Waals surface area (Å²) in [5, 5.41) is 16.2. The molecular formula is C26H21Cl2N3O3S2. The minimum atomic E-state index is -0.222. The maximum Gasteiger partial charge on any atom is 0.261 e. The van der Waals surface area contributed by atoms with Crippen molar-refractivity contribution in [1.29, 1.82) is 0 Å². The molecule has 0 saturated heterocycles. The second-order valence-corrected chi connectivity index (χ2v) is 10.6. The number of nitrogens with zero attached hydrogens (tertiary/aromatic N) is 2. The van der Waals surface area contributed by atoms with E-state index in [0.717, 1.165) is 22.5 Å². The van der Waals surface area contributed by atoms with Gasteiger partial charge in [0.25, 0.3) is 5.91 Å². The maximum absolute atomic E-state index is 12.7. The predicted octanol–water partition coefficient (Wildman–Crippen LogP) is 6.55. The van der Waals surface area contributed by atoms with Gasteiger partial charge in [0, 0.05) is 35.6 Å². The van der Waals surface area contributed by atoms with E-state index in [4.69, 9.17) is 23.2 Å². The molecular weight excluding hydrogens is 537 g/mol. The van der Waals surface area contributed by atoms with Gasteiger partial charge in [-0.3, -0.25) is 19.6 Å². The van der Waals surface area contributed by atoms with E-state index >= 15 is 0 Å². The van der Waals surface area contributed by atoms with Crippen molar-refractivity contribution < 1.29 is 14.7 Å². The molecule has 0 aliphatic carbocycles. The number of halogens is 2. The first-order valence-corrected chi connectivity index (χ1v) is 13.4. The molecule has 6 nitrogen and oxygen atoms in total. The zero-order valence-electron chi connectivity index (χ0n) is 19.1. The van der Waals surface area contributed by atoms with Crippen LogP contribution in [0.1, 0.15) is 37.4 Å². The summed E-state index contributed by atoms with van der Waals surface area (Å²) in [4.78, 5) is 35.1. The van der Waals surface area contributed by atoms with Crippen molar-refractivity contribution in [2.24, 2.45) is 4.99 Å². The molecule has 0 spiro atoms. The molecule has 184 valence electrons. The van der Waals surface area contributed by atoms with Gasteiger partial charge in [-0.05, 0) is 54.8 Å². The summed E-state index contributed by atoms with van der Waals surface area (Å²) in [6.07, 6.45) is 4.14. The van der Waals surface area contributed by atoms with Crippen LogP contribution in [0.4, 0.5) is 0 Å². The van der Waals surface area contributed by atoms with Crippen LogP contribution in [-0.4, -0.2) is 40.6 Å². The topological polar surface area (TPSA) is 91.7 Å². The summed E-state index contributed by atoms with van der Waals surface area (Å²) < 4.78 is 0. The lowest BCUT2D eigenvalue weighted by atomic mass is 10.1. The maximum atomic E-state index is 12.7. The Morgan fingerprint density at radius 1 is 1.11 bits per heavy atom. The highest BCUT2D eigenvalue weighted by atomic mass is 35.5. The molecule has 0 radical (unpaired) electrons. The molecule has 1 amide bonds. The van der Waals surface area contributed by atoms with Gasteiger partial charge in [-0.1, -0.05) is 35.3 Å². The zero-order chi connectivity index (χ0) is 25.7. The quantitative estimate of drug-likeness (QED) is 0.180. The Morgan fingerprint density at radius 3 is 2.67 bits per heavy atom. The molecule has 0 aliphatic heterocycles. The van der Waals surface area contributed by atoms with Crippen LogP contribution in [-0.2, 0) is 6.42 Å². The Morgan fingerprint density at radius 2 is 1.92 bits per heavy atom. The molecule has 2 N–H and O–H groups in total. The summed E-state index contributed by atoms with van der Waals surface area (Å²) in [6, 6.07) is 12.2. The van der Waals surface area contributed by atoms with Gasteiger partial charge in [0.2, 0.25) is 0 Å². The molecule has 0 bridgehead atoms. The van der Waals surface area contributed by atoms with Crippen LogP contribution in [0.5, 0.6) is 5.75 Å². The number of thiophene rings is 2. The number of aromatic nitrogens is 1. The molecule has 0 saturated carbocycles. The van der Waals surface area contributed by atoms with E-state index in [1.807, 2.05) is 12.1 Å². The molecule has 0 atom stereocenters. The number of rotatable bonds is 9. The third-order valence-corrected chi connectivity index (χ3v) is 8.21. The number of ketones is 1. The summed E-state index contributed by atoms with van der Waals surface area (Å²) in [5.41, 5.74) is 2.86. The molecule has 4 aromatic rings. The average molecular weight is 559 g/mol. The second-order valence-electron chi connectivity index (χ2n) is 7.81. The lowest BCUT2D eigenvalue weighted by Crippen LogP contribution is -2.24. The molecule has 36 heavy (non-hydrogen) atoms. The number of hydrogen-bond acceptors (Lipinski definition) is 7. The Balaban J connectivity index is 1.36. The second kappa shape index (κ2) is 11.8. The fourth-order valence-electron chi connectivity index (χ4n) is 3.37. The molecule has 0 aliphatic rings. The molecule has 3 heterocycles. The molecule has 1 aromatic carbocycles. The van der Waals surface area contributed by atoms with Gasteiger partial charge in [0.15, 0.2) is 5.78 Å². The first-order chi connectivity index (χ1) is 17.3. The minimum absolute atomic E-state index is 0.0773. The number of carbonyl (C=O) groups is 2. The molecule has 4 rings (SSSR count). The van der Waals surface area contributed by atoms with Crippen molar-refractivity contribution in [2.45, 2.75) is 13.3 Å². The van der Waals surface area contributed by atoms with Crippen LogP contribution in [0.3, 0.4) is 0 Å². The van der Waals surface area contributed by atoms with E-state index < -0.39 is 0 Å². The first-order valence-electron chi connectivity index (χ1n) is 10.9. The van der Waals surface area contributed by atoms with Crippen LogP contribution < -0.4 is 5.32 Å². The molecule has 3 aromatic heterocycles. The lowest BCUT2D eigenvalue weighted by molar-refractivity contribution is 0.0957. The van der Waals surface area contributed by atoms with Gasteiger partial charge in [-0.2, -0.15) is 0 Å². The van der Waals surface area contributed by atoms with Crippen molar-refractivity contribution in [3.8, 4) is 16.2 Å². The molecule has 10 heteroatoms. The largest absolute Gasteiger partial charge is 0.506 e.